The molecule has 0 aliphatic heterocycles. The molecule has 0 aliphatic carbocycles. The average molecular weight is 273 g/mol. The summed E-state index contributed by atoms with van der Waals surface area (Å²) in [4.78, 5) is 28.8. The SMILES string of the molecule is Cc1nc(NCCc2cccc(C(=O)O)c2)cc(=O)[nH]1. The number of H-pyrrole nitrogens is 1. The number of aromatic carboxylic acids is 1. The van der Waals surface area contributed by atoms with Crippen LogP contribution in [0.15, 0.2) is 35.1 Å². The summed E-state index contributed by atoms with van der Waals surface area (Å²) in [6.07, 6.45) is 0.647. The van der Waals surface area contributed by atoms with E-state index < -0.39 is 5.97 Å². The fourth-order valence-corrected chi connectivity index (χ4v) is 1.86. The molecule has 0 spiro atoms. The number of carbonyl (C=O) groups is 1. The third-order valence-corrected chi connectivity index (χ3v) is 2.75. The van der Waals surface area contributed by atoms with Crippen LogP contribution in [0.5, 0.6) is 0 Å². The molecule has 6 nitrogen and oxygen atoms in total. The number of benzene rings is 1. The smallest absolute Gasteiger partial charge is 0.335 e. The first kappa shape index (κ1) is 13.8. The lowest BCUT2D eigenvalue weighted by molar-refractivity contribution is 0.0697. The average Bonchev–Trinajstić information content (AvgIpc) is 2.38. The van der Waals surface area contributed by atoms with Gasteiger partial charge in [-0.25, -0.2) is 9.78 Å². The van der Waals surface area contributed by atoms with Crippen LogP contribution in [0.3, 0.4) is 0 Å². The van der Waals surface area contributed by atoms with E-state index in [4.69, 9.17) is 5.11 Å². The summed E-state index contributed by atoms with van der Waals surface area (Å²) in [5.41, 5.74) is 0.986. The number of anilines is 1. The lowest BCUT2D eigenvalue weighted by Gasteiger charge is -2.06. The molecule has 3 N–H and O–H groups in total. The van der Waals surface area contributed by atoms with Gasteiger partial charge in [-0.3, -0.25) is 4.79 Å². The number of hydrogen-bond donors (Lipinski definition) is 3. The first-order chi connectivity index (χ1) is 9.54. The Morgan fingerprint density at radius 2 is 2.20 bits per heavy atom. The van der Waals surface area contributed by atoms with Crippen LogP contribution in [0.4, 0.5) is 5.82 Å². The van der Waals surface area contributed by atoms with Crippen molar-refractivity contribution in [3.8, 4) is 0 Å². The lowest BCUT2D eigenvalue weighted by Crippen LogP contribution is -2.13. The summed E-state index contributed by atoms with van der Waals surface area (Å²) in [5, 5.41) is 12.0. The zero-order chi connectivity index (χ0) is 14.5. The van der Waals surface area contributed by atoms with Crippen molar-refractivity contribution in [3.63, 3.8) is 0 Å². The number of hydrogen-bond acceptors (Lipinski definition) is 4. The normalized spacial score (nSPS) is 10.2. The third kappa shape index (κ3) is 3.68. The zero-order valence-corrected chi connectivity index (χ0v) is 11.0. The van der Waals surface area contributed by atoms with E-state index in [2.05, 4.69) is 15.3 Å². The van der Waals surface area contributed by atoms with Gasteiger partial charge < -0.3 is 15.4 Å². The highest BCUT2D eigenvalue weighted by atomic mass is 16.4. The van der Waals surface area contributed by atoms with Gasteiger partial charge in [0.2, 0.25) is 0 Å². The van der Waals surface area contributed by atoms with E-state index in [-0.39, 0.29) is 11.1 Å². The summed E-state index contributed by atoms with van der Waals surface area (Å²) in [6, 6.07) is 8.17. The molecule has 0 radical (unpaired) electrons. The molecule has 104 valence electrons. The highest BCUT2D eigenvalue weighted by Crippen LogP contribution is 2.07. The molecule has 0 fully saturated rings. The molecule has 1 aromatic heterocycles. The summed E-state index contributed by atoms with van der Waals surface area (Å²) in [6.45, 7) is 2.28. The number of nitrogens with zero attached hydrogens (tertiary/aromatic N) is 1. The molecule has 0 amide bonds. The van der Waals surface area contributed by atoms with Crippen molar-refractivity contribution in [1.29, 1.82) is 0 Å². The van der Waals surface area contributed by atoms with Gasteiger partial charge in [0.15, 0.2) is 0 Å². The van der Waals surface area contributed by atoms with Crippen LogP contribution >= 0.6 is 0 Å². The Kier molecular flexibility index (Phi) is 4.14. The van der Waals surface area contributed by atoms with Gasteiger partial charge >= 0.3 is 5.97 Å². The second kappa shape index (κ2) is 6.01. The van der Waals surface area contributed by atoms with Crippen LogP contribution in [0, 0.1) is 6.92 Å². The van der Waals surface area contributed by atoms with Crippen LogP contribution in [-0.2, 0) is 6.42 Å². The highest BCUT2D eigenvalue weighted by Gasteiger charge is 2.03. The highest BCUT2D eigenvalue weighted by molar-refractivity contribution is 5.87. The van der Waals surface area contributed by atoms with Gasteiger partial charge in [0.25, 0.3) is 5.56 Å². The van der Waals surface area contributed by atoms with E-state index >= 15 is 0 Å². The lowest BCUT2D eigenvalue weighted by atomic mass is 10.1. The van der Waals surface area contributed by atoms with Gasteiger partial charge in [-0.15, -0.1) is 0 Å². The molecule has 1 aromatic carbocycles. The van der Waals surface area contributed by atoms with Crippen molar-refractivity contribution in [2.75, 3.05) is 11.9 Å². The Balaban J connectivity index is 1.97. The molecule has 0 bridgehead atoms. The molecule has 2 aromatic rings. The Bertz CT molecular complexity index is 679. The second-order valence-corrected chi connectivity index (χ2v) is 4.40. The molecule has 1 heterocycles. The largest absolute Gasteiger partial charge is 0.478 e. The van der Waals surface area contributed by atoms with Gasteiger partial charge in [-0.05, 0) is 31.0 Å². The molecule has 20 heavy (non-hydrogen) atoms. The van der Waals surface area contributed by atoms with Gasteiger partial charge in [0, 0.05) is 12.6 Å². The van der Waals surface area contributed by atoms with Crippen LogP contribution in [0.1, 0.15) is 21.7 Å². The minimum Gasteiger partial charge on any atom is -0.478 e. The topological polar surface area (TPSA) is 95.1 Å². The van der Waals surface area contributed by atoms with Crippen LogP contribution in [-0.4, -0.2) is 27.6 Å². The fourth-order valence-electron chi connectivity index (χ4n) is 1.86. The third-order valence-electron chi connectivity index (χ3n) is 2.75. The molecule has 0 unspecified atom stereocenters. The molecular formula is C14H15N3O3. The summed E-state index contributed by atoms with van der Waals surface area (Å²) in [7, 11) is 0. The van der Waals surface area contributed by atoms with Gasteiger partial charge in [-0.2, -0.15) is 0 Å². The number of nitrogens with one attached hydrogen (secondary N) is 2. The quantitative estimate of drug-likeness (QED) is 0.766. The van der Waals surface area contributed by atoms with Crippen molar-refractivity contribution >= 4 is 11.8 Å². The minimum atomic E-state index is -0.938. The molecule has 0 aliphatic rings. The summed E-state index contributed by atoms with van der Waals surface area (Å²) in [5.74, 6) is 0.125. The first-order valence-corrected chi connectivity index (χ1v) is 6.18. The van der Waals surface area contributed by atoms with Gasteiger partial charge in [-0.1, -0.05) is 12.1 Å². The van der Waals surface area contributed by atoms with E-state index in [1.807, 2.05) is 6.07 Å². The monoisotopic (exact) mass is 273 g/mol. The van der Waals surface area contributed by atoms with Crippen molar-refractivity contribution in [2.24, 2.45) is 0 Å². The summed E-state index contributed by atoms with van der Waals surface area (Å²) >= 11 is 0. The van der Waals surface area contributed by atoms with Gasteiger partial charge in [0.1, 0.15) is 11.6 Å². The van der Waals surface area contributed by atoms with Crippen LogP contribution in [0.25, 0.3) is 0 Å². The predicted molar refractivity (Wildman–Crippen MR) is 75.2 cm³/mol. The zero-order valence-electron chi connectivity index (χ0n) is 11.0. The first-order valence-electron chi connectivity index (χ1n) is 6.18. The Morgan fingerprint density at radius 3 is 2.90 bits per heavy atom. The van der Waals surface area contributed by atoms with E-state index in [0.717, 1.165) is 5.56 Å². The number of carboxylic acids is 1. The Labute approximate surface area is 115 Å². The predicted octanol–water partition coefficient (Wildman–Crippen LogP) is 1.43. The number of aromatic amines is 1. The standard InChI is InChI=1S/C14H15N3O3/c1-9-16-12(8-13(18)17-9)15-6-5-10-3-2-4-11(7-10)14(19)20/h2-4,7-8H,5-6H2,1H3,(H,19,20)(H2,15,16,17,18). The van der Waals surface area contributed by atoms with Crippen LogP contribution < -0.4 is 10.9 Å². The number of aryl methyl sites for hydroxylation is 1. The number of aromatic nitrogens is 2. The number of rotatable bonds is 5. The van der Waals surface area contributed by atoms with E-state index in [1.54, 1.807) is 25.1 Å². The molecular weight excluding hydrogens is 258 g/mol. The van der Waals surface area contributed by atoms with E-state index in [9.17, 15) is 9.59 Å². The van der Waals surface area contributed by atoms with Crippen molar-refractivity contribution < 1.29 is 9.90 Å². The fraction of sp³-hybridized carbons (Fsp3) is 0.214. The molecule has 0 saturated heterocycles. The Morgan fingerprint density at radius 1 is 1.40 bits per heavy atom. The van der Waals surface area contributed by atoms with Crippen LogP contribution in [0.2, 0.25) is 0 Å². The summed E-state index contributed by atoms with van der Waals surface area (Å²) < 4.78 is 0. The molecule has 0 atom stereocenters. The maximum absolute atomic E-state index is 11.3. The minimum absolute atomic E-state index is 0.201. The van der Waals surface area contributed by atoms with Crippen molar-refractivity contribution in [3.05, 3.63) is 57.6 Å². The maximum Gasteiger partial charge on any atom is 0.335 e. The Hall–Kier alpha value is -2.63. The second-order valence-electron chi connectivity index (χ2n) is 4.40. The van der Waals surface area contributed by atoms with Gasteiger partial charge in [0.05, 0.1) is 5.56 Å². The molecule has 2 rings (SSSR count). The number of carboxylic acid groups (broad SMARTS) is 1. The van der Waals surface area contributed by atoms with E-state index in [1.165, 1.54) is 6.07 Å². The molecule has 6 heteroatoms. The van der Waals surface area contributed by atoms with Crippen molar-refractivity contribution in [1.82, 2.24) is 9.97 Å². The molecule has 0 saturated carbocycles. The van der Waals surface area contributed by atoms with Crippen molar-refractivity contribution in [2.45, 2.75) is 13.3 Å². The van der Waals surface area contributed by atoms with E-state index in [0.29, 0.717) is 24.6 Å². The maximum atomic E-state index is 11.3.